The molecule has 14 heavy (non-hydrogen) atoms. The quantitative estimate of drug-likeness (QED) is 0.336. The van der Waals surface area contributed by atoms with Crippen LogP contribution in [0, 0.1) is 0 Å². The summed E-state index contributed by atoms with van der Waals surface area (Å²) in [7, 11) is -4.79. The summed E-state index contributed by atoms with van der Waals surface area (Å²) < 4.78 is 19.1. The van der Waals surface area contributed by atoms with Crippen molar-refractivity contribution in [1.82, 2.24) is 0 Å². The van der Waals surface area contributed by atoms with E-state index in [-0.39, 0.29) is 0 Å². The molecule has 0 aromatic carbocycles. The summed E-state index contributed by atoms with van der Waals surface area (Å²) in [6.45, 7) is -0.584. The second-order valence-electron chi connectivity index (χ2n) is 2.80. The zero-order valence-electron chi connectivity index (χ0n) is 6.92. The molecule has 0 bridgehead atoms. The molecule has 9 heteroatoms. The number of rotatable bonds is 3. The van der Waals surface area contributed by atoms with Crippen molar-refractivity contribution in [2.45, 2.75) is 24.6 Å². The number of phosphoric acid groups is 1. The molecule has 1 aliphatic heterocycles. The van der Waals surface area contributed by atoms with Crippen LogP contribution in [0.4, 0.5) is 0 Å². The molecule has 8 nitrogen and oxygen atoms in total. The third kappa shape index (κ3) is 2.72. The maximum Gasteiger partial charge on any atom is 0.472 e. The lowest BCUT2D eigenvalue weighted by molar-refractivity contribution is -0.126. The molecule has 0 radical (unpaired) electrons. The molecule has 0 aromatic heterocycles. The van der Waals surface area contributed by atoms with Gasteiger partial charge < -0.3 is 29.8 Å². The van der Waals surface area contributed by atoms with Crippen LogP contribution in [0.5, 0.6) is 0 Å². The van der Waals surface area contributed by atoms with E-state index in [1.807, 2.05) is 0 Å². The molecule has 1 heterocycles. The van der Waals surface area contributed by atoms with Crippen molar-refractivity contribution in [2.75, 3.05) is 6.61 Å². The number of aliphatic hydroxyl groups excluding tert-OH is 3. The van der Waals surface area contributed by atoms with Crippen LogP contribution in [0.3, 0.4) is 0 Å². The predicted molar refractivity (Wildman–Crippen MR) is 40.9 cm³/mol. The third-order valence-electron chi connectivity index (χ3n) is 1.74. The van der Waals surface area contributed by atoms with Crippen LogP contribution in [0.15, 0.2) is 0 Å². The summed E-state index contributed by atoms with van der Waals surface area (Å²) >= 11 is 0. The van der Waals surface area contributed by atoms with Gasteiger partial charge >= 0.3 is 7.82 Å². The SMILES string of the molecule is O=P(O)(O)O[C@H]1O[C@H](CO)[C@H](O)[C@H]1O. The van der Waals surface area contributed by atoms with E-state index < -0.39 is 39.0 Å². The monoisotopic (exact) mass is 230 g/mol. The Morgan fingerprint density at radius 1 is 1.29 bits per heavy atom. The summed E-state index contributed by atoms with van der Waals surface area (Å²) in [6, 6.07) is 0. The average molecular weight is 230 g/mol. The number of ether oxygens (including phenoxy) is 1. The fourth-order valence-corrected chi connectivity index (χ4v) is 1.53. The van der Waals surface area contributed by atoms with Gasteiger partial charge in [-0.2, -0.15) is 0 Å². The van der Waals surface area contributed by atoms with Gasteiger partial charge in [-0.3, -0.25) is 4.52 Å². The Hall–Kier alpha value is -0.0500. The van der Waals surface area contributed by atoms with Gasteiger partial charge in [0.25, 0.3) is 0 Å². The van der Waals surface area contributed by atoms with Gasteiger partial charge in [0.2, 0.25) is 0 Å². The Morgan fingerprint density at radius 2 is 1.86 bits per heavy atom. The number of hydrogen-bond acceptors (Lipinski definition) is 6. The minimum atomic E-state index is -4.79. The van der Waals surface area contributed by atoms with E-state index in [0.717, 1.165) is 0 Å². The zero-order chi connectivity index (χ0) is 10.9. The molecule has 1 aliphatic rings. The first-order chi connectivity index (χ1) is 6.35. The lowest BCUT2D eigenvalue weighted by Crippen LogP contribution is -2.34. The van der Waals surface area contributed by atoms with Gasteiger partial charge in [-0.15, -0.1) is 0 Å². The summed E-state index contributed by atoms with van der Waals surface area (Å²) in [4.78, 5) is 16.8. The van der Waals surface area contributed by atoms with Gasteiger partial charge in [-0.1, -0.05) is 0 Å². The Kier molecular flexibility index (Phi) is 3.62. The Bertz CT molecular complexity index is 238. The molecule has 84 valence electrons. The lowest BCUT2D eigenvalue weighted by Gasteiger charge is -2.15. The third-order valence-corrected chi connectivity index (χ3v) is 2.22. The largest absolute Gasteiger partial charge is 0.472 e. The van der Waals surface area contributed by atoms with E-state index in [0.29, 0.717) is 0 Å². The second-order valence-corrected chi connectivity index (χ2v) is 3.99. The van der Waals surface area contributed by atoms with Crippen molar-refractivity contribution in [3.8, 4) is 0 Å². The first kappa shape index (κ1) is 12.0. The molecule has 5 N–H and O–H groups in total. The van der Waals surface area contributed by atoms with Crippen LogP contribution in [0.25, 0.3) is 0 Å². The molecule has 0 unspecified atom stereocenters. The summed E-state index contributed by atoms with van der Waals surface area (Å²) in [5, 5.41) is 26.9. The first-order valence-electron chi connectivity index (χ1n) is 3.71. The van der Waals surface area contributed by atoms with Gasteiger partial charge in [0.15, 0.2) is 6.29 Å². The highest BCUT2D eigenvalue weighted by molar-refractivity contribution is 7.46. The van der Waals surface area contributed by atoms with Crippen LogP contribution < -0.4 is 0 Å². The van der Waals surface area contributed by atoms with Crippen LogP contribution in [0.2, 0.25) is 0 Å². The van der Waals surface area contributed by atoms with E-state index in [4.69, 9.17) is 25.1 Å². The molecule has 1 fully saturated rings. The van der Waals surface area contributed by atoms with E-state index in [9.17, 15) is 4.57 Å². The van der Waals surface area contributed by atoms with Crippen molar-refractivity contribution < 1.29 is 38.9 Å². The maximum absolute atomic E-state index is 10.4. The van der Waals surface area contributed by atoms with E-state index >= 15 is 0 Å². The lowest BCUT2D eigenvalue weighted by atomic mass is 10.1. The fraction of sp³-hybridized carbons (Fsp3) is 1.00. The van der Waals surface area contributed by atoms with Gasteiger partial charge in [-0.25, -0.2) is 4.57 Å². The van der Waals surface area contributed by atoms with Crippen molar-refractivity contribution >= 4 is 7.82 Å². The molecule has 1 saturated heterocycles. The maximum atomic E-state index is 10.4. The number of aliphatic hydroxyl groups is 3. The summed E-state index contributed by atoms with van der Waals surface area (Å²) in [6.07, 6.45) is -5.78. The van der Waals surface area contributed by atoms with E-state index in [2.05, 4.69) is 9.26 Å². The topological polar surface area (TPSA) is 137 Å². The number of hydrogen-bond donors (Lipinski definition) is 5. The van der Waals surface area contributed by atoms with E-state index in [1.54, 1.807) is 0 Å². The van der Waals surface area contributed by atoms with Crippen LogP contribution in [0.1, 0.15) is 0 Å². The summed E-state index contributed by atoms with van der Waals surface area (Å²) in [5.41, 5.74) is 0. The molecule has 0 aliphatic carbocycles. The van der Waals surface area contributed by atoms with Crippen molar-refractivity contribution in [2.24, 2.45) is 0 Å². The summed E-state index contributed by atoms with van der Waals surface area (Å²) in [5.74, 6) is 0. The van der Waals surface area contributed by atoms with Gasteiger partial charge in [0.1, 0.15) is 18.3 Å². The van der Waals surface area contributed by atoms with E-state index in [1.165, 1.54) is 0 Å². The van der Waals surface area contributed by atoms with Crippen molar-refractivity contribution in [3.63, 3.8) is 0 Å². The Balaban J connectivity index is 2.61. The van der Waals surface area contributed by atoms with Crippen molar-refractivity contribution in [3.05, 3.63) is 0 Å². The van der Waals surface area contributed by atoms with Crippen molar-refractivity contribution in [1.29, 1.82) is 0 Å². The molecular formula is C5H11O8P. The molecule has 1 rings (SSSR count). The predicted octanol–water partition coefficient (Wildman–Crippen LogP) is -2.47. The minimum Gasteiger partial charge on any atom is -0.394 e. The fourth-order valence-electron chi connectivity index (χ4n) is 1.09. The van der Waals surface area contributed by atoms with Gasteiger partial charge in [-0.05, 0) is 0 Å². The zero-order valence-corrected chi connectivity index (χ0v) is 7.82. The van der Waals surface area contributed by atoms with Crippen LogP contribution in [-0.2, 0) is 13.8 Å². The second kappa shape index (κ2) is 4.21. The molecule has 4 atom stereocenters. The van der Waals surface area contributed by atoms with Crippen LogP contribution >= 0.6 is 7.82 Å². The van der Waals surface area contributed by atoms with Gasteiger partial charge in [0.05, 0.1) is 6.61 Å². The standard InChI is InChI=1S/C5H11O8P/c6-1-2-3(7)4(8)5(12-2)13-14(9,10)11/h2-8H,1H2,(H2,9,10,11)/t2-,3+,4-,5-/m1/s1. The molecule has 0 amide bonds. The first-order valence-corrected chi connectivity index (χ1v) is 5.24. The Labute approximate surface area is 78.9 Å². The molecule has 0 spiro atoms. The Morgan fingerprint density at radius 3 is 2.21 bits per heavy atom. The highest BCUT2D eigenvalue weighted by Gasteiger charge is 2.45. The molecular weight excluding hydrogens is 219 g/mol. The van der Waals surface area contributed by atoms with Crippen LogP contribution in [-0.4, -0.2) is 56.3 Å². The smallest absolute Gasteiger partial charge is 0.394 e. The highest BCUT2D eigenvalue weighted by atomic mass is 31.2. The molecule has 0 aromatic rings. The normalized spacial score (nSPS) is 38.9. The van der Waals surface area contributed by atoms with Gasteiger partial charge in [0, 0.05) is 0 Å². The molecule has 0 saturated carbocycles. The minimum absolute atomic E-state index is 0.584. The average Bonchev–Trinajstić information content (AvgIpc) is 2.30. The number of phosphoric ester groups is 1. The highest BCUT2D eigenvalue weighted by Crippen LogP contribution is 2.40.